The van der Waals surface area contributed by atoms with Gasteiger partial charge in [-0.15, -0.1) is 5.10 Å². The molecule has 0 aliphatic rings. The molecule has 0 atom stereocenters. The van der Waals surface area contributed by atoms with Crippen molar-refractivity contribution >= 4 is 23.0 Å². The van der Waals surface area contributed by atoms with Crippen molar-refractivity contribution in [3.05, 3.63) is 66.3 Å². The fourth-order valence-corrected chi connectivity index (χ4v) is 2.71. The van der Waals surface area contributed by atoms with Crippen molar-refractivity contribution < 1.29 is 18.3 Å². The number of pyridine rings is 2. The molecule has 0 unspecified atom stereocenters. The van der Waals surface area contributed by atoms with Crippen LogP contribution in [0, 0.1) is 11.6 Å². The maximum absolute atomic E-state index is 14.1. The first-order valence-corrected chi connectivity index (χ1v) is 8.61. The molecule has 146 valence electrons. The van der Waals surface area contributed by atoms with Gasteiger partial charge in [0.25, 0.3) is 0 Å². The third-order valence-electron chi connectivity index (χ3n) is 3.99. The topological polar surface area (TPSA) is 94.3 Å². The minimum atomic E-state index is -0.602. The number of aromatic nitrogens is 5. The molecule has 0 radical (unpaired) electrons. The lowest BCUT2D eigenvalue weighted by molar-refractivity contribution is 0.0528. The lowest BCUT2D eigenvalue weighted by Gasteiger charge is -2.11. The van der Waals surface area contributed by atoms with Crippen LogP contribution in [-0.2, 0) is 4.74 Å². The molecule has 1 N–H and O–H groups in total. The number of esters is 1. The van der Waals surface area contributed by atoms with Gasteiger partial charge in [-0.2, -0.15) is 0 Å². The Hall–Kier alpha value is -3.95. The van der Waals surface area contributed by atoms with E-state index in [2.05, 4.69) is 25.4 Å². The summed E-state index contributed by atoms with van der Waals surface area (Å²) in [5, 5.41) is 7.19. The normalized spacial score (nSPS) is 10.9. The third kappa shape index (κ3) is 3.59. The van der Waals surface area contributed by atoms with Gasteiger partial charge < -0.3 is 10.1 Å². The van der Waals surface area contributed by atoms with Gasteiger partial charge in [0.05, 0.1) is 30.3 Å². The second-order valence-electron chi connectivity index (χ2n) is 5.87. The highest BCUT2D eigenvalue weighted by atomic mass is 19.1. The quantitative estimate of drug-likeness (QED) is 0.517. The zero-order valence-electron chi connectivity index (χ0n) is 15.1. The summed E-state index contributed by atoms with van der Waals surface area (Å²) in [6.07, 6.45) is 5.05. The van der Waals surface area contributed by atoms with E-state index in [0.717, 1.165) is 12.4 Å². The van der Waals surface area contributed by atoms with E-state index >= 15 is 0 Å². The van der Waals surface area contributed by atoms with Crippen LogP contribution in [0.1, 0.15) is 17.3 Å². The van der Waals surface area contributed by atoms with Gasteiger partial charge in [0.15, 0.2) is 11.6 Å². The predicted octanol–water partition coefficient (Wildman–Crippen LogP) is 3.38. The van der Waals surface area contributed by atoms with Crippen LogP contribution in [0.3, 0.4) is 0 Å². The number of rotatable bonds is 5. The summed E-state index contributed by atoms with van der Waals surface area (Å²) in [5.74, 6) is -1.36. The highest BCUT2D eigenvalue weighted by molar-refractivity contribution is 6.01. The second-order valence-corrected chi connectivity index (χ2v) is 5.87. The highest BCUT2D eigenvalue weighted by Gasteiger charge is 2.20. The number of hydrogen-bond acceptors (Lipinski definition) is 7. The van der Waals surface area contributed by atoms with E-state index in [1.165, 1.54) is 35.0 Å². The molecule has 4 aromatic heterocycles. The number of anilines is 2. The molecule has 0 amide bonds. The molecule has 4 rings (SSSR count). The van der Waals surface area contributed by atoms with Crippen molar-refractivity contribution in [2.24, 2.45) is 0 Å². The Bertz CT molecular complexity index is 1190. The Morgan fingerprint density at radius 1 is 1.21 bits per heavy atom. The van der Waals surface area contributed by atoms with Crippen LogP contribution >= 0.6 is 0 Å². The molecule has 4 aromatic rings. The molecule has 0 aliphatic heterocycles. The molecular formula is C19H14F2N6O2. The summed E-state index contributed by atoms with van der Waals surface area (Å²) in [6, 6.07) is 5.60. The summed E-state index contributed by atoms with van der Waals surface area (Å²) < 4.78 is 33.8. The number of carbonyl (C=O) groups excluding carboxylic acids is 1. The molecule has 10 heteroatoms. The molecule has 4 heterocycles. The molecule has 0 saturated carbocycles. The SMILES string of the molecule is CCOC(=O)c1ccn2nc(-c3ccc(F)cn3)nc(Nc3ccncc3F)c12. The van der Waals surface area contributed by atoms with Gasteiger partial charge in [-0.3, -0.25) is 4.98 Å². The Labute approximate surface area is 163 Å². The lowest BCUT2D eigenvalue weighted by Crippen LogP contribution is -2.09. The van der Waals surface area contributed by atoms with E-state index < -0.39 is 17.6 Å². The molecule has 0 spiro atoms. The van der Waals surface area contributed by atoms with Gasteiger partial charge in [0.2, 0.25) is 5.82 Å². The smallest absolute Gasteiger partial charge is 0.340 e. The number of carbonyl (C=O) groups is 1. The first kappa shape index (κ1) is 18.4. The van der Waals surface area contributed by atoms with Crippen molar-refractivity contribution in [1.29, 1.82) is 0 Å². The van der Waals surface area contributed by atoms with Crippen molar-refractivity contribution in [3.63, 3.8) is 0 Å². The van der Waals surface area contributed by atoms with Gasteiger partial charge in [-0.1, -0.05) is 0 Å². The summed E-state index contributed by atoms with van der Waals surface area (Å²) >= 11 is 0. The molecule has 0 aliphatic carbocycles. The van der Waals surface area contributed by atoms with Crippen LogP contribution in [0.25, 0.3) is 17.0 Å². The molecular weight excluding hydrogens is 382 g/mol. The van der Waals surface area contributed by atoms with E-state index in [1.54, 1.807) is 13.1 Å². The first-order valence-electron chi connectivity index (χ1n) is 8.61. The molecule has 0 aromatic carbocycles. The van der Waals surface area contributed by atoms with E-state index in [1.807, 2.05) is 0 Å². The van der Waals surface area contributed by atoms with Crippen molar-refractivity contribution in [1.82, 2.24) is 24.6 Å². The molecule has 0 fully saturated rings. The molecule has 8 nitrogen and oxygen atoms in total. The minimum absolute atomic E-state index is 0.106. The van der Waals surface area contributed by atoms with Crippen LogP contribution < -0.4 is 5.32 Å². The Morgan fingerprint density at radius 3 is 2.79 bits per heavy atom. The van der Waals surface area contributed by atoms with Crippen molar-refractivity contribution in [2.45, 2.75) is 6.92 Å². The van der Waals surface area contributed by atoms with Gasteiger partial charge in [-0.25, -0.2) is 28.1 Å². The van der Waals surface area contributed by atoms with Gasteiger partial charge >= 0.3 is 5.97 Å². The largest absolute Gasteiger partial charge is 0.462 e. The number of ether oxygens (including phenoxy) is 1. The molecule has 29 heavy (non-hydrogen) atoms. The number of nitrogens with one attached hydrogen (secondary N) is 1. The predicted molar refractivity (Wildman–Crippen MR) is 99.6 cm³/mol. The van der Waals surface area contributed by atoms with Gasteiger partial charge in [0, 0.05) is 12.4 Å². The lowest BCUT2D eigenvalue weighted by atomic mass is 10.2. The zero-order chi connectivity index (χ0) is 20.4. The van der Waals surface area contributed by atoms with E-state index in [-0.39, 0.29) is 29.5 Å². The summed E-state index contributed by atoms with van der Waals surface area (Å²) in [7, 11) is 0. The van der Waals surface area contributed by atoms with Crippen LogP contribution in [-0.4, -0.2) is 37.1 Å². The van der Waals surface area contributed by atoms with Crippen molar-refractivity contribution in [3.8, 4) is 11.5 Å². The van der Waals surface area contributed by atoms with Gasteiger partial charge in [0.1, 0.15) is 17.0 Å². The molecule has 0 saturated heterocycles. The number of fused-ring (bicyclic) bond motifs is 1. The molecule has 0 bridgehead atoms. The number of hydrogen-bond donors (Lipinski definition) is 1. The second kappa shape index (κ2) is 7.58. The monoisotopic (exact) mass is 396 g/mol. The highest BCUT2D eigenvalue weighted by Crippen LogP contribution is 2.27. The summed E-state index contributed by atoms with van der Waals surface area (Å²) in [6.45, 7) is 1.88. The van der Waals surface area contributed by atoms with E-state index in [4.69, 9.17) is 4.74 Å². The Kier molecular flexibility index (Phi) is 4.82. The van der Waals surface area contributed by atoms with Crippen molar-refractivity contribution in [2.75, 3.05) is 11.9 Å². The summed E-state index contributed by atoms with van der Waals surface area (Å²) in [4.78, 5) is 24.4. The number of halogens is 2. The fourth-order valence-electron chi connectivity index (χ4n) is 2.71. The van der Waals surface area contributed by atoms with Gasteiger partial charge in [-0.05, 0) is 31.2 Å². The Morgan fingerprint density at radius 2 is 2.07 bits per heavy atom. The fraction of sp³-hybridized carbons (Fsp3) is 0.105. The van der Waals surface area contributed by atoms with E-state index in [0.29, 0.717) is 11.2 Å². The van der Waals surface area contributed by atoms with Crippen LogP contribution in [0.15, 0.2) is 49.1 Å². The summed E-state index contributed by atoms with van der Waals surface area (Å²) in [5.41, 5.74) is 0.917. The minimum Gasteiger partial charge on any atom is -0.462 e. The standard InChI is InChI=1S/C19H14F2N6O2/c1-2-29-19(28)12-6-8-27-16(12)18(24-14-5-7-22-10-13(14)21)25-17(26-27)15-4-3-11(20)9-23-15/h3-10H,2H2,1H3,(H,22,24,25,26). The first-order chi connectivity index (χ1) is 14.1. The number of nitrogens with zero attached hydrogens (tertiary/aromatic N) is 5. The van der Waals surface area contributed by atoms with Crippen LogP contribution in [0.5, 0.6) is 0 Å². The maximum atomic E-state index is 14.1. The van der Waals surface area contributed by atoms with E-state index in [9.17, 15) is 13.6 Å². The Balaban J connectivity index is 1.90. The third-order valence-corrected chi connectivity index (χ3v) is 3.99. The van der Waals surface area contributed by atoms with Crippen LogP contribution in [0.4, 0.5) is 20.3 Å². The zero-order valence-corrected chi connectivity index (χ0v) is 15.1. The average Bonchev–Trinajstić information content (AvgIpc) is 3.15. The average molecular weight is 396 g/mol. The maximum Gasteiger partial charge on any atom is 0.340 e. The van der Waals surface area contributed by atoms with Crippen LogP contribution in [0.2, 0.25) is 0 Å².